The van der Waals surface area contributed by atoms with Gasteiger partial charge in [-0.15, -0.1) is 0 Å². The molecular formula is C26H27F3N2O2. The Bertz CT molecular complexity index is 1170. The summed E-state index contributed by atoms with van der Waals surface area (Å²) in [5, 5.41) is 9.84. The predicted octanol–water partition coefficient (Wildman–Crippen LogP) is 5.51. The van der Waals surface area contributed by atoms with E-state index in [1.807, 2.05) is 4.90 Å². The van der Waals surface area contributed by atoms with E-state index in [1.54, 1.807) is 12.1 Å². The van der Waals surface area contributed by atoms with Gasteiger partial charge in [-0.3, -0.25) is 4.79 Å². The van der Waals surface area contributed by atoms with Crippen LogP contribution in [0, 0.1) is 23.4 Å². The molecule has 0 radical (unpaired) electrons. The molecule has 1 aliphatic heterocycles. The molecule has 1 saturated carbocycles. The fourth-order valence-electron chi connectivity index (χ4n) is 5.54. The third kappa shape index (κ3) is 4.03. The maximum absolute atomic E-state index is 14.6. The maximum atomic E-state index is 14.6. The highest BCUT2D eigenvalue weighted by Gasteiger charge is 2.41. The third-order valence-electron chi connectivity index (χ3n) is 7.27. The molecule has 2 aliphatic rings. The number of amides is 1. The Morgan fingerprint density at radius 2 is 1.82 bits per heavy atom. The van der Waals surface area contributed by atoms with Crippen LogP contribution in [0.3, 0.4) is 0 Å². The summed E-state index contributed by atoms with van der Waals surface area (Å²) in [5.74, 6) is -1.76. The van der Waals surface area contributed by atoms with Gasteiger partial charge in [0.05, 0.1) is 11.2 Å². The molecule has 2 heterocycles. The summed E-state index contributed by atoms with van der Waals surface area (Å²) >= 11 is 0. The largest absolute Gasteiger partial charge is 0.396 e. The highest BCUT2D eigenvalue weighted by Crippen LogP contribution is 2.49. The van der Waals surface area contributed by atoms with Gasteiger partial charge < -0.3 is 15.0 Å². The molecule has 1 amide bonds. The van der Waals surface area contributed by atoms with Crippen molar-refractivity contribution in [2.45, 2.75) is 50.5 Å². The number of fused-ring (bicyclic) bond motifs is 1. The summed E-state index contributed by atoms with van der Waals surface area (Å²) in [6.07, 6.45) is 4.74. The smallest absolute Gasteiger partial charge is 0.225 e. The van der Waals surface area contributed by atoms with Crippen LogP contribution in [0.4, 0.5) is 13.2 Å². The van der Waals surface area contributed by atoms with E-state index in [2.05, 4.69) is 4.98 Å². The minimum atomic E-state index is -0.674. The molecule has 33 heavy (non-hydrogen) atoms. The molecule has 2 N–H and O–H groups in total. The zero-order valence-corrected chi connectivity index (χ0v) is 18.3. The van der Waals surface area contributed by atoms with Gasteiger partial charge in [0, 0.05) is 36.6 Å². The first-order valence-electron chi connectivity index (χ1n) is 11.6. The number of H-pyrrole nitrogens is 1. The van der Waals surface area contributed by atoms with Crippen molar-refractivity contribution in [2.75, 3.05) is 13.2 Å². The first kappa shape index (κ1) is 22.0. The van der Waals surface area contributed by atoms with Crippen LogP contribution in [0.2, 0.25) is 0 Å². The minimum Gasteiger partial charge on any atom is -0.396 e. The lowest BCUT2D eigenvalue weighted by atomic mass is 9.69. The van der Waals surface area contributed by atoms with Gasteiger partial charge in [0.25, 0.3) is 0 Å². The number of halogens is 3. The van der Waals surface area contributed by atoms with Crippen molar-refractivity contribution in [3.8, 4) is 11.3 Å². The molecule has 0 spiro atoms. The Hall–Kier alpha value is -2.80. The van der Waals surface area contributed by atoms with E-state index in [4.69, 9.17) is 0 Å². The van der Waals surface area contributed by atoms with Gasteiger partial charge in [-0.1, -0.05) is 0 Å². The number of rotatable bonds is 5. The number of carbonyl (C=O) groups excluding carboxylic acids is 1. The average molecular weight is 457 g/mol. The summed E-state index contributed by atoms with van der Waals surface area (Å²) < 4.78 is 42.1. The SMILES string of the molecule is O=C(C1CC(c2c(-c3ccc(F)cc3)[nH]c3c(F)cc(F)cc23)C1)N1CCCCC1CCO. The second kappa shape index (κ2) is 8.86. The first-order valence-corrected chi connectivity index (χ1v) is 11.6. The number of aromatic nitrogens is 1. The van der Waals surface area contributed by atoms with Gasteiger partial charge >= 0.3 is 0 Å². The maximum Gasteiger partial charge on any atom is 0.225 e. The van der Waals surface area contributed by atoms with Crippen molar-refractivity contribution in [3.05, 3.63) is 59.4 Å². The van der Waals surface area contributed by atoms with Crippen molar-refractivity contribution in [1.82, 2.24) is 9.88 Å². The number of hydrogen-bond acceptors (Lipinski definition) is 2. The van der Waals surface area contributed by atoms with Crippen molar-refractivity contribution in [3.63, 3.8) is 0 Å². The van der Waals surface area contributed by atoms with E-state index < -0.39 is 11.6 Å². The average Bonchev–Trinajstić information content (AvgIpc) is 3.13. The normalized spacial score (nSPS) is 23.0. The van der Waals surface area contributed by atoms with Crippen LogP contribution in [0.25, 0.3) is 22.2 Å². The molecule has 1 aromatic heterocycles. The number of hydrogen-bond donors (Lipinski definition) is 2. The quantitative estimate of drug-likeness (QED) is 0.532. The lowest BCUT2D eigenvalue weighted by Crippen LogP contribution is -2.49. The van der Waals surface area contributed by atoms with E-state index in [0.29, 0.717) is 35.9 Å². The highest BCUT2D eigenvalue weighted by molar-refractivity contribution is 5.92. The lowest BCUT2D eigenvalue weighted by Gasteiger charge is -2.42. The summed E-state index contributed by atoms with van der Waals surface area (Å²) in [4.78, 5) is 18.2. The van der Waals surface area contributed by atoms with Gasteiger partial charge in [-0.25, -0.2) is 13.2 Å². The molecule has 1 saturated heterocycles. The van der Waals surface area contributed by atoms with Gasteiger partial charge in [0.2, 0.25) is 5.91 Å². The lowest BCUT2D eigenvalue weighted by molar-refractivity contribution is -0.143. The van der Waals surface area contributed by atoms with Crippen LogP contribution < -0.4 is 0 Å². The molecule has 1 unspecified atom stereocenters. The second-order valence-electron chi connectivity index (χ2n) is 9.29. The van der Waals surface area contributed by atoms with Crippen LogP contribution in [-0.4, -0.2) is 40.1 Å². The third-order valence-corrected chi connectivity index (χ3v) is 7.27. The topological polar surface area (TPSA) is 56.3 Å². The summed E-state index contributed by atoms with van der Waals surface area (Å²) in [6.45, 7) is 0.782. The van der Waals surface area contributed by atoms with Gasteiger partial charge in [-0.05, 0) is 85.9 Å². The number of carbonyl (C=O) groups is 1. The minimum absolute atomic E-state index is 0.0324. The summed E-state index contributed by atoms with van der Waals surface area (Å²) in [7, 11) is 0. The first-order chi connectivity index (χ1) is 16.0. The number of piperidine rings is 1. The molecule has 2 fully saturated rings. The van der Waals surface area contributed by atoms with Crippen LogP contribution in [0.15, 0.2) is 36.4 Å². The van der Waals surface area contributed by atoms with Crippen molar-refractivity contribution >= 4 is 16.8 Å². The summed E-state index contributed by atoms with van der Waals surface area (Å²) in [5.41, 5.74) is 2.34. The highest BCUT2D eigenvalue weighted by atomic mass is 19.1. The monoisotopic (exact) mass is 456 g/mol. The standard InChI is InChI=1S/C26H27F3N2O2/c27-18-6-4-15(5-7-18)24-23(21-13-19(28)14-22(29)25(21)30-24)16-11-17(12-16)26(33)31-9-2-1-3-20(31)8-10-32/h4-7,13-14,16-17,20,30,32H,1-3,8-12H2. The molecule has 5 rings (SSSR count). The number of aliphatic hydroxyl groups excluding tert-OH is 1. The molecule has 7 heteroatoms. The van der Waals surface area contributed by atoms with E-state index in [0.717, 1.165) is 37.4 Å². The fourth-order valence-corrected chi connectivity index (χ4v) is 5.54. The molecule has 4 nitrogen and oxygen atoms in total. The molecule has 174 valence electrons. The van der Waals surface area contributed by atoms with E-state index in [-0.39, 0.29) is 41.7 Å². The molecule has 1 atom stereocenters. The second-order valence-corrected chi connectivity index (χ2v) is 9.29. The number of nitrogens with one attached hydrogen (secondary N) is 1. The Morgan fingerprint density at radius 3 is 2.55 bits per heavy atom. The molecule has 2 aromatic carbocycles. The predicted molar refractivity (Wildman–Crippen MR) is 120 cm³/mol. The Kier molecular flexibility index (Phi) is 5.91. The molecular weight excluding hydrogens is 429 g/mol. The number of benzene rings is 2. The fraction of sp³-hybridized carbons (Fsp3) is 0.423. The number of aliphatic hydroxyl groups is 1. The van der Waals surface area contributed by atoms with E-state index in [9.17, 15) is 23.1 Å². The van der Waals surface area contributed by atoms with Gasteiger partial charge in [0.15, 0.2) is 0 Å². The molecule has 3 aromatic rings. The zero-order valence-electron chi connectivity index (χ0n) is 18.3. The van der Waals surface area contributed by atoms with E-state index in [1.165, 1.54) is 18.2 Å². The molecule has 0 bridgehead atoms. The number of aromatic amines is 1. The van der Waals surface area contributed by atoms with Crippen LogP contribution >= 0.6 is 0 Å². The van der Waals surface area contributed by atoms with Crippen LogP contribution in [0.5, 0.6) is 0 Å². The van der Waals surface area contributed by atoms with Crippen molar-refractivity contribution in [2.24, 2.45) is 5.92 Å². The Balaban J connectivity index is 1.45. The summed E-state index contributed by atoms with van der Waals surface area (Å²) in [6, 6.07) is 8.18. The number of likely N-dealkylation sites (tertiary alicyclic amines) is 1. The van der Waals surface area contributed by atoms with E-state index >= 15 is 0 Å². The van der Waals surface area contributed by atoms with Gasteiger partial charge in [-0.2, -0.15) is 0 Å². The van der Waals surface area contributed by atoms with Crippen LogP contribution in [0.1, 0.15) is 50.0 Å². The van der Waals surface area contributed by atoms with Gasteiger partial charge in [0.1, 0.15) is 17.5 Å². The Labute approximate surface area is 190 Å². The number of nitrogens with zero attached hydrogens (tertiary/aromatic N) is 1. The van der Waals surface area contributed by atoms with Crippen molar-refractivity contribution < 1.29 is 23.1 Å². The van der Waals surface area contributed by atoms with Crippen molar-refractivity contribution in [1.29, 1.82) is 0 Å². The molecule has 1 aliphatic carbocycles. The zero-order chi connectivity index (χ0) is 23.1. The Morgan fingerprint density at radius 1 is 1.06 bits per heavy atom. The van der Waals surface area contributed by atoms with Crippen LogP contribution in [-0.2, 0) is 4.79 Å².